The molecular weight excluding hydrogens is 288 g/mol. The van der Waals surface area contributed by atoms with Crippen molar-refractivity contribution in [3.63, 3.8) is 0 Å². The van der Waals surface area contributed by atoms with Gasteiger partial charge in [-0.25, -0.2) is 4.52 Å². The van der Waals surface area contributed by atoms with Crippen LogP contribution in [0.15, 0.2) is 59.1 Å². The first-order valence-corrected chi connectivity index (χ1v) is 6.58. The number of fused-ring (bicyclic) bond motifs is 5. The molecule has 2 aromatic carbocycles. The Morgan fingerprint density at radius 2 is 1.72 bits per heavy atom. The molecule has 0 radical (unpaired) electrons. The molecule has 0 atom stereocenters. The van der Waals surface area contributed by atoms with Gasteiger partial charge in [0.05, 0.1) is 16.6 Å². The maximum Gasteiger partial charge on any atom is 0.0934 e. The number of rotatable bonds is 0. The highest BCUT2D eigenvalue weighted by atomic mass is 79.9. The number of para-hydroxylation sites is 1. The lowest BCUT2D eigenvalue weighted by Crippen LogP contribution is -1.90. The van der Waals surface area contributed by atoms with Crippen LogP contribution in [0.25, 0.3) is 27.3 Å². The third kappa shape index (κ3) is 1.25. The van der Waals surface area contributed by atoms with Crippen molar-refractivity contribution in [1.29, 1.82) is 0 Å². The molecular formula is C15H9BrN2. The predicted molar refractivity (Wildman–Crippen MR) is 77.9 cm³/mol. The number of benzene rings is 2. The fourth-order valence-electron chi connectivity index (χ4n) is 2.44. The van der Waals surface area contributed by atoms with Crippen LogP contribution >= 0.6 is 15.9 Å². The van der Waals surface area contributed by atoms with E-state index in [1.807, 2.05) is 34.8 Å². The normalized spacial score (nSPS) is 11.6. The molecule has 4 rings (SSSR count). The zero-order valence-electron chi connectivity index (χ0n) is 9.47. The van der Waals surface area contributed by atoms with Crippen molar-refractivity contribution >= 4 is 43.3 Å². The summed E-state index contributed by atoms with van der Waals surface area (Å²) in [7, 11) is 0. The van der Waals surface area contributed by atoms with E-state index in [1.165, 1.54) is 10.8 Å². The summed E-state index contributed by atoms with van der Waals surface area (Å²) in [6.45, 7) is 0. The lowest BCUT2D eigenvalue weighted by molar-refractivity contribution is 1.02. The van der Waals surface area contributed by atoms with Crippen LogP contribution in [0, 0.1) is 0 Å². The van der Waals surface area contributed by atoms with E-state index in [2.05, 4.69) is 40.2 Å². The maximum absolute atomic E-state index is 4.69. The topological polar surface area (TPSA) is 17.3 Å². The molecule has 0 saturated carbocycles. The van der Waals surface area contributed by atoms with E-state index in [-0.39, 0.29) is 0 Å². The Balaban J connectivity index is 2.38. The van der Waals surface area contributed by atoms with Gasteiger partial charge in [0.1, 0.15) is 0 Å². The van der Waals surface area contributed by atoms with Gasteiger partial charge in [-0.05, 0) is 34.1 Å². The zero-order chi connectivity index (χ0) is 12.1. The van der Waals surface area contributed by atoms with Crippen LogP contribution < -0.4 is 0 Å². The average molecular weight is 297 g/mol. The average Bonchev–Trinajstić information content (AvgIpc) is 2.79. The van der Waals surface area contributed by atoms with Crippen LogP contribution in [0.1, 0.15) is 0 Å². The molecule has 0 amide bonds. The van der Waals surface area contributed by atoms with Gasteiger partial charge in [0, 0.05) is 15.2 Å². The molecule has 0 aliphatic carbocycles. The predicted octanol–water partition coefficient (Wildman–Crippen LogP) is 4.40. The summed E-state index contributed by atoms with van der Waals surface area (Å²) in [4.78, 5) is 0. The molecule has 0 unspecified atom stereocenters. The van der Waals surface area contributed by atoms with Crippen LogP contribution in [0.5, 0.6) is 0 Å². The highest BCUT2D eigenvalue weighted by Gasteiger charge is 2.10. The molecule has 0 N–H and O–H groups in total. The fourth-order valence-corrected chi connectivity index (χ4v) is 3.07. The minimum atomic E-state index is 1.02. The molecule has 0 saturated heterocycles. The number of pyridine rings is 1. The summed E-state index contributed by atoms with van der Waals surface area (Å²) in [6, 6.07) is 18.7. The Morgan fingerprint density at radius 1 is 0.944 bits per heavy atom. The van der Waals surface area contributed by atoms with Gasteiger partial charge >= 0.3 is 0 Å². The third-order valence-electron chi connectivity index (χ3n) is 3.25. The lowest BCUT2D eigenvalue weighted by atomic mass is 10.2. The minimum Gasteiger partial charge on any atom is -0.231 e. The standard InChI is InChI=1S/C15H9BrN2/c16-12-9-10-5-1-4-8-14(10)18-15(12)11-6-2-3-7-13(11)17-18/h1-9H. The fraction of sp³-hybridized carbons (Fsp3) is 0. The van der Waals surface area contributed by atoms with Crippen molar-refractivity contribution < 1.29 is 0 Å². The Morgan fingerprint density at radius 3 is 2.67 bits per heavy atom. The highest BCUT2D eigenvalue weighted by molar-refractivity contribution is 9.10. The van der Waals surface area contributed by atoms with Gasteiger partial charge in [-0.3, -0.25) is 0 Å². The molecule has 2 nitrogen and oxygen atoms in total. The van der Waals surface area contributed by atoms with Gasteiger partial charge in [0.15, 0.2) is 0 Å². The molecule has 0 bridgehead atoms. The summed E-state index contributed by atoms with van der Waals surface area (Å²) >= 11 is 3.66. The maximum atomic E-state index is 4.69. The van der Waals surface area contributed by atoms with Gasteiger partial charge in [-0.15, -0.1) is 0 Å². The van der Waals surface area contributed by atoms with Crippen molar-refractivity contribution in [2.45, 2.75) is 0 Å². The van der Waals surface area contributed by atoms with Gasteiger partial charge in [-0.2, -0.15) is 5.10 Å². The summed E-state index contributed by atoms with van der Waals surface area (Å²) in [6.07, 6.45) is 0. The summed E-state index contributed by atoms with van der Waals surface area (Å²) in [5.41, 5.74) is 3.28. The van der Waals surface area contributed by atoms with Crippen molar-refractivity contribution in [2.24, 2.45) is 0 Å². The van der Waals surface area contributed by atoms with E-state index in [4.69, 9.17) is 5.10 Å². The quantitative estimate of drug-likeness (QED) is 0.470. The Bertz CT molecular complexity index is 893. The minimum absolute atomic E-state index is 1.02. The molecule has 0 spiro atoms. The van der Waals surface area contributed by atoms with Gasteiger partial charge in [0.25, 0.3) is 0 Å². The molecule has 0 aliphatic rings. The molecule has 0 fully saturated rings. The lowest BCUT2D eigenvalue weighted by Gasteiger charge is -2.03. The van der Waals surface area contributed by atoms with Gasteiger partial charge in [-0.1, -0.05) is 36.4 Å². The summed E-state index contributed by atoms with van der Waals surface area (Å²) < 4.78 is 3.10. The van der Waals surface area contributed by atoms with Gasteiger partial charge in [0.2, 0.25) is 0 Å². The Hall–Kier alpha value is -1.87. The van der Waals surface area contributed by atoms with E-state index >= 15 is 0 Å². The third-order valence-corrected chi connectivity index (χ3v) is 3.86. The molecule has 0 aliphatic heterocycles. The Labute approximate surface area is 112 Å². The number of hydrogen-bond acceptors (Lipinski definition) is 1. The van der Waals surface area contributed by atoms with E-state index in [0.29, 0.717) is 0 Å². The van der Waals surface area contributed by atoms with E-state index in [0.717, 1.165) is 21.0 Å². The number of nitrogens with zero attached hydrogens (tertiary/aromatic N) is 2. The molecule has 18 heavy (non-hydrogen) atoms. The van der Waals surface area contributed by atoms with Crippen molar-refractivity contribution in [3.8, 4) is 0 Å². The van der Waals surface area contributed by atoms with Crippen molar-refractivity contribution in [2.75, 3.05) is 0 Å². The van der Waals surface area contributed by atoms with Crippen molar-refractivity contribution in [3.05, 3.63) is 59.1 Å². The van der Waals surface area contributed by atoms with Crippen LogP contribution in [-0.4, -0.2) is 9.61 Å². The monoisotopic (exact) mass is 296 g/mol. The number of halogens is 1. The molecule has 3 heteroatoms. The first-order valence-electron chi connectivity index (χ1n) is 5.79. The van der Waals surface area contributed by atoms with Crippen LogP contribution in [0.4, 0.5) is 0 Å². The largest absolute Gasteiger partial charge is 0.231 e. The number of aromatic nitrogens is 2. The molecule has 2 aromatic heterocycles. The molecule has 86 valence electrons. The molecule has 2 heterocycles. The van der Waals surface area contributed by atoms with Crippen LogP contribution in [0.3, 0.4) is 0 Å². The zero-order valence-corrected chi connectivity index (χ0v) is 11.1. The SMILES string of the molecule is Brc1cc2ccccc2n2nc3ccccc3c12. The van der Waals surface area contributed by atoms with Crippen LogP contribution in [-0.2, 0) is 0 Å². The second-order valence-electron chi connectivity index (χ2n) is 4.33. The number of hydrogen-bond donors (Lipinski definition) is 0. The van der Waals surface area contributed by atoms with E-state index in [1.54, 1.807) is 0 Å². The first-order chi connectivity index (χ1) is 8.84. The van der Waals surface area contributed by atoms with E-state index in [9.17, 15) is 0 Å². The smallest absolute Gasteiger partial charge is 0.0934 e. The molecule has 4 aromatic rings. The summed E-state index contributed by atoms with van der Waals surface area (Å²) in [5.74, 6) is 0. The Kier molecular flexibility index (Phi) is 2.00. The second kappa shape index (κ2) is 3.56. The van der Waals surface area contributed by atoms with Crippen molar-refractivity contribution in [1.82, 2.24) is 9.61 Å². The summed E-state index contributed by atoms with van der Waals surface area (Å²) in [5, 5.41) is 7.05. The van der Waals surface area contributed by atoms with Gasteiger partial charge < -0.3 is 0 Å². The van der Waals surface area contributed by atoms with Crippen LogP contribution in [0.2, 0.25) is 0 Å². The second-order valence-corrected chi connectivity index (χ2v) is 5.18. The van der Waals surface area contributed by atoms with E-state index < -0.39 is 0 Å². The first kappa shape index (κ1) is 10.1. The highest BCUT2D eigenvalue weighted by Crippen LogP contribution is 2.30.